The van der Waals surface area contributed by atoms with E-state index in [0.717, 1.165) is 5.69 Å². The fourth-order valence-corrected chi connectivity index (χ4v) is 2.47. The summed E-state index contributed by atoms with van der Waals surface area (Å²) in [7, 11) is 5.06. The minimum Gasteiger partial charge on any atom is -0.377 e. The molecular weight excluding hydrogens is 258 g/mol. The highest BCUT2D eigenvalue weighted by atomic mass is 16.5. The largest absolute Gasteiger partial charge is 0.377 e. The number of anilines is 1. The highest BCUT2D eigenvalue weighted by molar-refractivity contribution is 5.95. The molecule has 20 heavy (non-hydrogen) atoms. The maximum atomic E-state index is 12.5. The fourth-order valence-electron chi connectivity index (χ4n) is 2.47. The molecule has 1 aromatic heterocycles. The van der Waals surface area contributed by atoms with Crippen molar-refractivity contribution in [2.24, 2.45) is 0 Å². The number of rotatable bonds is 4. The number of methoxy groups -OCH3 is 2. The molecule has 0 aromatic carbocycles. The van der Waals surface area contributed by atoms with Crippen LogP contribution in [0, 0.1) is 6.92 Å². The Balaban J connectivity index is 2.18. The van der Waals surface area contributed by atoms with E-state index in [4.69, 9.17) is 9.47 Å². The lowest BCUT2D eigenvalue weighted by atomic mass is 10.2. The molecule has 0 bridgehead atoms. The van der Waals surface area contributed by atoms with Crippen LogP contribution in [0.4, 0.5) is 5.82 Å². The Hall–Kier alpha value is -1.66. The van der Waals surface area contributed by atoms with E-state index in [1.54, 1.807) is 38.3 Å². The van der Waals surface area contributed by atoms with Crippen molar-refractivity contribution in [3.05, 3.63) is 23.4 Å². The molecule has 6 nitrogen and oxygen atoms in total. The number of hydrogen-bond donors (Lipinski definition) is 1. The predicted octanol–water partition coefficient (Wildman–Crippen LogP) is 0.918. The summed E-state index contributed by atoms with van der Waals surface area (Å²) >= 11 is 0. The number of pyridine rings is 1. The van der Waals surface area contributed by atoms with Gasteiger partial charge in [-0.2, -0.15) is 0 Å². The van der Waals surface area contributed by atoms with E-state index in [9.17, 15) is 4.79 Å². The lowest BCUT2D eigenvalue weighted by Gasteiger charge is -2.16. The van der Waals surface area contributed by atoms with Crippen LogP contribution in [0.5, 0.6) is 0 Å². The van der Waals surface area contributed by atoms with Gasteiger partial charge in [-0.15, -0.1) is 0 Å². The highest BCUT2D eigenvalue weighted by Gasteiger charge is 2.35. The second-order valence-electron chi connectivity index (χ2n) is 4.89. The molecule has 1 amide bonds. The normalized spacial score (nSPS) is 22.1. The molecule has 1 aliphatic heterocycles. The number of likely N-dealkylation sites (tertiary alicyclic amines) is 1. The van der Waals surface area contributed by atoms with Crippen molar-refractivity contribution >= 4 is 11.7 Å². The number of aryl methyl sites for hydroxylation is 1. The van der Waals surface area contributed by atoms with Crippen molar-refractivity contribution in [3.63, 3.8) is 0 Å². The molecule has 1 aliphatic rings. The summed E-state index contributed by atoms with van der Waals surface area (Å²) in [5.41, 5.74) is 1.44. The first-order valence-electron chi connectivity index (χ1n) is 6.60. The first-order chi connectivity index (χ1) is 9.58. The lowest BCUT2D eigenvalue weighted by molar-refractivity contribution is -0.00461. The zero-order valence-electron chi connectivity index (χ0n) is 12.3. The molecule has 1 aromatic rings. The van der Waals surface area contributed by atoms with E-state index in [1.165, 1.54) is 0 Å². The van der Waals surface area contributed by atoms with Crippen molar-refractivity contribution < 1.29 is 14.3 Å². The van der Waals surface area contributed by atoms with Crippen molar-refractivity contribution in [1.82, 2.24) is 9.88 Å². The second kappa shape index (κ2) is 6.19. The van der Waals surface area contributed by atoms with E-state index < -0.39 is 0 Å². The Morgan fingerprint density at radius 1 is 1.30 bits per heavy atom. The summed E-state index contributed by atoms with van der Waals surface area (Å²) in [6.45, 7) is 2.96. The number of hydrogen-bond acceptors (Lipinski definition) is 5. The first kappa shape index (κ1) is 14.7. The van der Waals surface area contributed by atoms with Crippen LogP contribution < -0.4 is 5.32 Å². The second-order valence-corrected chi connectivity index (χ2v) is 4.89. The molecule has 1 N–H and O–H groups in total. The van der Waals surface area contributed by atoms with Crippen LogP contribution in [0.1, 0.15) is 16.1 Å². The maximum absolute atomic E-state index is 12.5. The number of aromatic nitrogens is 1. The van der Waals surface area contributed by atoms with Gasteiger partial charge in [0.1, 0.15) is 18.0 Å². The number of carbonyl (C=O) groups excluding carboxylic acids is 1. The topological polar surface area (TPSA) is 63.7 Å². The van der Waals surface area contributed by atoms with Crippen LogP contribution >= 0.6 is 0 Å². The number of carbonyl (C=O) groups is 1. The van der Waals surface area contributed by atoms with E-state index in [-0.39, 0.29) is 18.1 Å². The molecule has 6 heteroatoms. The Kier molecular flexibility index (Phi) is 4.57. The minimum absolute atomic E-state index is 0.0198. The third-order valence-electron chi connectivity index (χ3n) is 3.56. The van der Waals surface area contributed by atoms with Crippen molar-refractivity contribution in [2.45, 2.75) is 19.1 Å². The summed E-state index contributed by atoms with van der Waals surface area (Å²) in [5.74, 6) is 0.674. The van der Waals surface area contributed by atoms with Gasteiger partial charge in [-0.3, -0.25) is 4.79 Å². The van der Waals surface area contributed by atoms with E-state index in [2.05, 4.69) is 10.3 Å². The average molecular weight is 279 g/mol. The average Bonchev–Trinajstić information content (AvgIpc) is 2.88. The molecule has 2 rings (SSSR count). The van der Waals surface area contributed by atoms with Gasteiger partial charge in [0.15, 0.2) is 0 Å². The van der Waals surface area contributed by atoms with E-state index in [0.29, 0.717) is 24.5 Å². The van der Waals surface area contributed by atoms with Gasteiger partial charge in [0.05, 0.1) is 0 Å². The quantitative estimate of drug-likeness (QED) is 0.888. The molecule has 1 saturated heterocycles. The van der Waals surface area contributed by atoms with Crippen LogP contribution in [-0.4, -0.2) is 62.4 Å². The molecule has 2 unspecified atom stereocenters. The molecule has 2 atom stereocenters. The lowest BCUT2D eigenvalue weighted by Crippen LogP contribution is -2.30. The summed E-state index contributed by atoms with van der Waals surface area (Å²) in [5, 5.41) is 2.96. The van der Waals surface area contributed by atoms with Crippen molar-refractivity contribution in [1.29, 1.82) is 0 Å². The van der Waals surface area contributed by atoms with Gasteiger partial charge >= 0.3 is 0 Å². The third kappa shape index (κ3) is 2.91. The van der Waals surface area contributed by atoms with Crippen LogP contribution in [0.3, 0.4) is 0 Å². The fraction of sp³-hybridized carbons (Fsp3) is 0.571. The molecule has 0 saturated carbocycles. The third-order valence-corrected chi connectivity index (χ3v) is 3.56. The molecule has 110 valence electrons. The highest BCUT2D eigenvalue weighted by Crippen LogP contribution is 2.19. The Morgan fingerprint density at radius 2 is 1.90 bits per heavy atom. The van der Waals surface area contributed by atoms with E-state index >= 15 is 0 Å². The van der Waals surface area contributed by atoms with Crippen molar-refractivity contribution in [2.75, 3.05) is 39.7 Å². The standard InChI is InChI=1S/C14H21N3O3/c1-9-5-10(6-13(15-2)16-9)14(18)17-7-11(19-3)12(8-17)20-4/h5-6,11-12H,7-8H2,1-4H3,(H,15,16). The van der Waals surface area contributed by atoms with Gasteiger partial charge in [-0.25, -0.2) is 4.98 Å². The first-order valence-corrected chi connectivity index (χ1v) is 6.60. The van der Waals surface area contributed by atoms with Gasteiger partial charge in [0.25, 0.3) is 5.91 Å². The smallest absolute Gasteiger partial charge is 0.254 e. The summed E-state index contributed by atoms with van der Waals surface area (Å²) < 4.78 is 10.7. The summed E-state index contributed by atoms with van der Waals surface area (Å²) in [6.07, 6.45) is -0.147. The van der Waals surface area contributed by atoms with Crippen LogP contribution in [0.25, 0.3) is 0 Å². The molecule has 1 fully saturated rings. The molecule has 0 radical (unpaired) electrons. The molecule has 0 spiro atoms. The Bertz CT molecular complexity index is 481. The Labute approximate surface area is 119 Å². The Morgan fingerprint density at radius 3 is 2.40 bits per heavy atom. The zero-order chi connectivity index (χ0) is 14.7. The maximum Gasteiger partial charge on any atom is 0.254 e. The number of nitrogens with one attached hydrogen (secondary N) is 1. The minimum atomic E-state index is -0.0735. The van der Waals surface area contributed by atoms with Gasteiger partial charge in [0, 0.05) is 45.6 Å². The van der Waals surface area contributed by atoms with Gasteiger partial charge in [0.2, 0.25) is 0 Å². The van der Waals surface area contributed by atoms with Crippen LogP contribution in [0.15, 0.2) is 12.1 Å². The van der Waals surface area contributed by atoms with Crippen molar-refractivity contribution in [3.8, 4) is 0 Å². The molecular formula is C14H21N3O3. The van der Waals surface area contributed by atoms with E-state index in [1.807, 2.05) is 6.92 Å². The van der Waals surface area contributed by atoms with Gasteiger partial charge in [-0.05, 0) is 19.1 Å². The monoisotopic (exact) mass is 279 g/mol. The molecule has 0 aliphatic carbocycles. The molecule has 2 heterocycles. The summed E-state index contributed by atoms with van der Waals surface area (Å²) in [6, 6.07) is 3.56. The number of nitrogens with zero attached hydrogens (tertiary/aromatic N) is 2. The van der Waals surface area contributed by atoms with Crippen LogP contribution in [0.2, 0.25) is 0 Å². The number of amides is 1. The predicted molar refractivity (Wildman–Crippen MR) is 76.0 cm³/mol. The zero-order valence-corrected chi connectivity index (χ0v) is 12.3. The number of ether oxygens (including phenoxy) is 2. The van der Waals surface area contributed by atoms with Gasteiger partial charge < -0.3 is 19.7 Å². The SMILES string of the molecule is CNc1cc(C(=O)N2CC(OC)C(OC)C2)cc(C)n1. The van der Waals surface area contributed by atoms with Crippen LogP contribution in [-0.2, 0) is 9.47 Å². The summed E-state index contributed by atoms with van der Waals surface area (Å²) in [4.78, 5) is 18.6. The van der Waals surface area contributed by atoms with Gasteiger partial charge in [-0.1, -0.05) is 0 Å².